The van der Waals surface area contributed by atoms with Crippen LogP contribution in [0, 0.1) is 11.6 Å². The molecule has 0 N–H and O–H groups in total. The molecule has 0 radical (unpaired) electrons. The zero-order chi connectivity index (χ0) is 12.8. The van der Waals surface area contributed by atoms with Gasteiger partial charge in [-0.25, -0.2) is 13.6 Å². The van der Waals surface area contributed by atoms with E-state index in [-0.39, 0.29) is 6.61 Å². The molecule has 0 saturated heterocycles. The third-order valence-electron chi connectivity index (χ3n) is 1.87. The lowest BCUT2D eigenvalue weighted by Crippen LogP contribution is -2.04. The van der Waals surface area contributed by atoms with Crippen molar-refractivity contribution in [3.05, 3.63) is 47.5 Å². The van der Waals surface area contributed by atoms with Crippen LogP contribution in [0.4, 0.5) is 8.78 Å². The molecule has 0 aliphatic rings. The molecule has 0 spiro atoms. The predicted octanol–water partition coefficient (Wildman–Crippen LogP) is 2.27. The molecule has 3 nitrogen and oxygen atoms in total. The summed E-state index contributed by atoms with van der Waals surface area (Å²) >= 11 is 0. The molecular weight excluding hydrogens is 230 g/mol. The normalized spacial score (nSPS) is 10.5. The molecule has 0 atom stereocenters. The Balaban J connectivity index is 2.84. The SMILES string of the molecule is CCOC(=O)/C=C/C(=O)c1cccc(F)c1F. The van der Waals surface area contributed by atoms with Crippen molar-refractivity contribution < 1.29 is 23.1 Å². The summed E-state index contributed by atoms with van der Waals surface area (Å²) in [5.41, 5.74) is -0.425. The van der Waals surface area contributed by atoms with Gasteiger partial charge in [0.1, 0.15) is 0 Å². The molecule has 0 bridgehead atoms. The summed E-state index contributed by atoms with van der Waals surface area (Å²) in [6.07, 6.45) is 1.71. The van der Waals surface area contributed by atoms with Gasteiger partial charge in [-0.15, -0.1) is 0 Å². The van der Waals surface area contributed by atoms with Crippen molar-refractivity contribution in [2.24, 2.45) is 0 Å². The third-order valence-corrected chi connectivity index (χ3v) is 1.87. The summed E-state index contributed by atoms with van der Waals surface area (Å²) in [6.45, 7) is 1.78. The lowest BCUT2D eigenvalue weighted by Gasteiger charge is -1.99. The van der Waals surface area contributed by atoms with Crippen LogP contribution in [0.2, 0.25) is 0 Å². The first-order valence-electron chi connectivity index (χ1n) is 4.89. The van der Waals surface area contributed by atoms with Crippen LogP contribution in [0.5, 0.6) is 0 Å². The third kappa shape index (κ3) is 3.48. The highest BCUT2D eigenvalue weighted by molar-refractivity contribution is 6.07. The van der Waals surface area contributed by atoms with E-state index < -0.39 is 29.0 Å². The highest BCUT2D eigenvalue weighted by Gasteiger charge is 2.12. The molecule has 0 unspecified atom stereocenters. The van der Waals surface area contributed by atoms with E-state index in [2.05, 4.69) is 4.74 Å². The van der Waals surface area contributed by atoms with Gasteiger partial charge in [-0.1, -0.05) is 6.07 Å². The number of allylic oxidation sites excluding steroid dienone is 1. The van der Waals surface area contributed by atoms with E-state index in [1.54, 1.807) is 6.92 Å². The monoisotopic (exact) mass is 240 g/mol. The molecule has 0 fully saturated rings. The number of rotatable bonds is 4. The average molecular weight is 240 g/mol. The topological polar surface area (TPSA) is 43.4 Å². The van der Waals surface area contributed by atoms with Crippen molar-refractivity contribution in [3.8, 4) is 0 Å². The van der Waals surface area contributed by atoms with Crippen LogP contribution in [0.3, 0.4) is 0 Å². The van der Waals surface area contributed by atoms with Crippen molar-refractivity contribution in [1.29, 1.82) is 0 Å². The van der Waals surface area contributed by atoms with Crippen molar-refractivity contribution in [2.75, 3.05) is 6.61 Å². The van der Waals surface area contributed by atoms with Gasteiger partial charge < -0.3 is 4.74 Å². The smallest absolute Gasteiger partial charge is 0.330 e. The Morgan fingerprint density at radius 1 is 1.29 bits per heavy atom. The van der Waals surface area contributed by atoms with E-state index >= 15 is 0 Å². The first-order chi connectivity index (χ1) is 8.06. The van der Waals surface area contributed by atoms with Gasteiger partial charge in [0, 0.05) is 6.08 Å². The van der Waals surface area contributed by atoms with Gasteiger partial charge in [-0.3, -0.25) is 4.79 Å². The molecule has 1 aromatic carbocycles. The van der Waals surface area contributed by atoms with Crippen LogP contribution in [0.15, 0.2) is 30.4 Å². The van der Waals surface area contributed by atoms with Gasteiger partial charge in [0.25, 0.3) is 0 Å². The molecule has 0 aromatic heterocycles. The minimum absolute atomic E-state index is 0.172. The predicted molar refractivity (Wildman–Crippen MR) is 56.5 cm³/mol. The van der Waals surface area contributed by atoms with Crippen LogP contribution < -0.4 is 0 Å². The number of benzene rings is 1. The second-order valence-corrected chi connectivity index (χ2v) is 3.05. The zero-order valence-corrected chi connectivity index (χ0v) is 9.07. The highest BCUT2D eigenvalue weighted by atomic mass is 19.2. The van der Waals surface area contributed by atoms with E-state index in [9.17, 15) is 18.4 Å². The number of ether oxygens (including phenoxy) is 1. The molecule has 0 aliphatic carbocycles. The molecule has 0 aliphatic heterocycles. The summed E-state index contributed by atoms with van der Waals surface area (Å²) in [7, 11) is 0. The summed E-state index contributed by atoms with van der Waals surface area (Å²) in [5, 5.41) is 0. The number of hydrogen-bond acceptors (Lipinski definition) is 3. The second kappa shape index (κ2) is 5.89. The van der Waals surface area contributed by atoms with Crippen molar-refractivity contribution in [1.82, 2.24) is 0 Å². The number of esters is 1. The molecule has 90 valence electrons. The summed E-state index contributed by atoms with van der Waals surface area (Å²) in [6, 6.07) is 3.25. The largest absolute Gasteiger partial charge is 0.463 e. The van der Waals surface area contributed by atoms with E-state index in [0.29, 0.717) is 0 Å². The standard InChI is InChI=1S/C12H10F2O3/c1-2-17-11(16)7-6-10(15)8-4-3-5-9(13)12(8)14/h3-7H,2H2,1H3/b7-6+. The molecule has 1 rings (SSSR count). The Morgan fingerprint density at radius 3 is 2.65 bits per heavy atom. The van der Waals surface area contributed by atoms with Gasteiger partial charge in [0.05, 0.1) is 12.2 Å². The van der Waals surface area contributed by atoms with Crippen LogP contribution in [0.25, 0.3) is 0 Å². The van der Waals surface area contributed by atoms with E-state index in [1.807, 2.05) is 0 Å². The number of carbonyl (C=O) groups excluding carboxylic acids is 2. The quantitative estimate of drug-likeness (QED) is 0.460. The molecule has 1 aromatic rings. The van der Waals surface area contributed by atoms with Gasteiger partial charge in [-0.2, -0.15) is 0 Å². The lowest BCUT2D eigenvalue weighted by molar-refractivity contribution is -0.137. The van der Waals surface area contributed by atoms with Crippen molar-refractivity contribution >= 4 is 11.8 Å². The van der Waals surface area contributed by atoms with Gasteiger partial charge in [0.2, 0.25) is 0 Å². The Morgan fingerprint density at radius 2 is 2.00 bits per heavy atom. The Kier molecular flexibility index (Phi) is 4.51. The maximum absolute atomic E-state index is 13.2. The Bertz CT molecular complexity index is 467. The van der Waals surface area contributed by atoms with E-state index in [0.717, 1.165) is 24.3 Å². The van der Waals surface area contributed by atoms with Crippen molar-refractivity contribution in [3.63, 3.8) is 0 Å². The fourth-order valence-corrected chi connectivity index (χ4v) is 1.12. The number of carbonyl (C=O) groups is 2. The maximum Gasteiger partial charge on any atom is 0.330 e. The molecular formula is C12H10F2O3. The summed E-state index contributed by atoms with van der Waals surface area (Å²) in [5.74, 6) is -3.85. The average Bonchev–Trinajstić information content (AvgIpc) is 2.30. The van der Waals surface area contributed by atoms with Crippen LogP contribution in [0.1, 0.15) is 17.3 Å². The van der Waals surface area contributed by atoms with E-state index in [1.165, 1.54) is 6.07 Å². The fourth-order valence-electron chi connectivity index (χ4n) is 1.12. The fraction of sp³-hybridized carbons (Fsp3) is 0.167. The minimum Gasteiger partial charge on any atom is -0.463 e. The first-order valence-corrected chi connectivity index (χ1v) is 4.89. The number of halogens is 2. The Hall–Kier alpha value is -2.04. The van der Waals surface area contributed by atoms with Gasteiger partial charge in [-0.05, 0) is 25.1 Å². The molecule has 17 heavy (non-hydrogen) atoms. The number of hydrogen-bond donors (Lipinski definition) is 0. The molecule has 0 heterocycles. The van der Waals surface area contributed by atoms with Crippen molar-refractivity contribution in [2.45, 2.75) is 6.92 Å². The second-order valence-electron chi connectivity index (χ2n) is 3.05. The van der Waals surface area contributed by atoms with Crippen LogP contribution in [-0.2, 0) is 9.53 Å². The summed E-state index contributed by atoms with van der Waals surface area (Å²) < 4.78 is 30.5. The van der Waals surface area contributed by atoms with Crippen LogP contribution >= 0.6 is 0 Å². The zero-order valence-electron chi connectivity index (χ0n) is 9.07. The van der Waals surface area contributed by atoms with Gasteiger partial charge in [0.15, 0.2) is 17.4 Å². The highest BCUT2D eigenvalue weighted by Crippen LogP contribution is 2.12. The molecule has 0 saturated carbocycles. The van der Waals surface area contributed by atoms with E-state index in [4.69, 9.17) is 0 Å². The molecule has 5 heteroatoms. The Labute approximate surface area is 96.7 Å². The summed E-state index contributed by atoms with van der Waals surface area (Å²) in [4.78, 5) is 22.3. The first kappa shape index (κ1) is 13.0. The molecule has 0 amide bonds. The lowest BCUT2D eigenvalue weighted by atomic mass is 10.1. The van der Waals surface area contributed by atoms with Crippen LogP contribution in [-0.4, -0.2) is 18.4 Å². The number of ketones is 1. The maximum atomic E-state index is 13.2. The van der Waals surface area contributed by atoms with Gasteiger partial charge >= 0.3 is 5.97 Å². The minimum atomic E-state index is -1.23.